The molecule has 0 bridgehead atoms. The minimum atomic E-state index is -0.498. The van der Waals surface area contributed by atoms with Crippen LogP contribution in [0.5, 0.6) is 0 Å². The third-order valence-corrected chi connectivity index (χ3v) is 8.95. The van der Waals surface area contributed by atoms with Crippen molar-refractivity contribution in [2.45, 2.75) is 76.5 Å². The van der Waals surface area contributed by atoms with Crippen molar-refractivity contribution < 1.29 is 10.0 Å². The molecule has 3 atom stereocenters. The van der Waals surface area contributed by atoms with Crippen LogP contribution in [0.15, 0.2) is 42.5 Å². The van der Waals surface area contributed by atoms with Crippen LogP contribution in [0.1, 0.15) is 76.3 Å². The van der Waals surface area contributed by atoms with Gasteiger partial charge < -0.3 is 10.2 Å². The van der Waals surface area contributed by atoms with E-state index in [0.717, 1.165) is 10.1 Å². The van der Waals surface area contributed by atoms with E-state index in [1.165, 1.54) is 29.4 Å². The second-order valence-electron chi connectivity index (χ2n) is 11.1. The molecule has 2 N–H and O–H groups in total. The zero-order valence-corrected chi connectivity index (χ0v) is 23.8. The van der Waals surface area contributed by atoms with Crippen LogP contribution in [0.3, 0.4) is 0 Å². The molecule has 0 fully saturated rings. The summed E-state index contributed by atoms with van der Waals surface area (Å²) in [6.45, 7) is 16.5. The molecule has 5 nitrogen and oxygen atoms in total. The molecule has 1 aliphatic rings. The predicted molar refractivity (Wildman–Crippen MR) is 149 cm³/mol. The van der Waals surface area contributed by atoms with Gasteiger partial charge >= 0.3 is 6.03 Å². The van der Waals surface area contributed by atoms with Crippen LogP contribution in [0, 0.1) is 5.92 Å². The van der Waals surface area contributed by atoms with Gasteiger partial charge in [0.15, 0.2) is 0 Å². The average molecular weight is 518 g/mol. The molecule has 0 saturated carbocycles. The highest BCUT2D eigenvalue weighted by Crippen LogP contribution is 2.59. The first kappa shape index (κ1) is 27.7. The highest BCUT2D eigenvalue weighted by atomic mass is 35.5. The van der Waals surface area contributed by atoms with E-state index < -0.39 is 6.03 Å². The molecule has 1 heterocycles. The number of halogens is 1. The largest absolute Gasteiger partial charge is 0.360 e. The van der Waals surface area contributed by atoms with Crippen molar-refractivity contribution >= 4 is 35.1 Å². The summed E-state index contributed by atoms with van der Waals surface area (Å²) < 4.78 is 0.0206. The Hall–Kier alpha value is -1.89. The molecule has 0 saturated heterocycles. The molecule has 3 rings (SSSR count). The van der Waals surface area contributed by atoms with Crippen LogP contribution in [0.25, 0.3) is 0 Å². The van der Waals surface area contributed by atoms with E-state index in [4.69, 9.17) is 11.6 Å². The van der Waals surface area contributed by atoms with Gasteiger partial charge in [-0.2, -0.15) is 0 Å². The van der Waals surface area contributed by atoms with Crippen molar-refractivity contribution in [3.63, 3.8) is 0 Å². The van der Waals surface area contributed by atoms with Gasteiger partial charge in [-0.1, -0.05) is 77.4 Å². The number of anilines is 1. The molecule has 0 aromatic heterocycles. The standard InChI is InChI=1S/C28H40ClN3O2S/c1-18(2)21-11-14-24-23(15-21)25(35-27(4,5)6)28(7,19(3)16-32(34)26(33)30-8)31(24)17-20-9-12-22(29)13-10-20/h9-15,18-19,25,34H,16-17H2,1-8H3,(H,30,33). The van der Waals surface area contributed by atoms with E-state index in [0.29, 0.717) is 12.5 Å². The molecular formula is C28H40ClN3O2S. The maximum atomic E-state index is 12.2. The van der Waals surface area contributed by atoms with Crippen molar-refractivity contribution in [1.29, 1.82) is 0 Å². The number of carbonyl (C=O) groups is 1. The first-order chi connectivity index (χ1) is 16.3. The lowest BCUT2D eigenvalue weighted by atomic mass is 9.82. The third kappa shape index (κ3) is 5.92. The lowest BCUT2D eigenvalue weighted by Gasteiger charge is -2.47. The van der Waals surface area contributed by atoms with Gasteiger partial charge in [-0.15, -0.1) is 11.8 Å². The molecule has 0 spiro atoms. The molecule has 7 heteroatoms. The fourth-order valence-corrected chi connectivity index (χ4v) is 6.60. The second-order valence-corrected chi connectivity index (χ2v) is 13.4. The maximum absolute atomic E-state index is 12.2. The number of hydroxylamine groups is 2. The summed E-state index contributed by atoms with van der Waals surface area (Å²) in [5.74, 6) is 0.391. The number of nitrogens with zero attached hydrogens (tertiary/aromatic N) is 2. The topological polar surface area (TPSA) is 55.8 Å². The van der Waals surface area contributed by atoms with Gasteiger partial charge in [0, 0.05) is 35.0 Å². The van der Waals surface area contributed by atoms with E-state index in [2.05, 4.69) is 89.0 Å². The summed E-state index contributed by atoms with van der Waals surface area (Å²) in [6.07, 6.45) is 0. The quantitative estimate of drug-likeness (QED) is 0.295. The number of carbonyl (C=O) groups excluding carboxylic acids is 1. The number of urea groups is 1. The number of rotatable bonds is 7. The highest BCUT2D eigenvalue weighted by Gasteiger charge is 2.53. The Balaban J connectivity index is 2.15. The Labute approximate surface area is 220 Å². The SMILES string of the molecule is CNC(=O)N(O)CC(C)C1(C)C(SC(C)(C)C)c2cc(C(C)C)ccc2N1Cc1ccc(Cl)cc1. The van der Waals surface area contributed by atoms with Gasteiger partial charge in [0.1, 0.15) is 0 Å². The van der Waals surface area contributed by atoms with E-state index in [-0.39, 0.29) is 28.0 Å². The van der Waals surface area contributed by atoms with Crippen LogP contribution in [0.2, 0.25) is 5.02 Å². The smallest absolute Gasteiger partial charge is 0.340 e. The monoisotopic (exact) mass is 517 g/mol. The minimum absolute atomic E-state index is 0.0206. The zero-order chi connectivity index (χ0) is 26.1. The average Bonchev–Trinajstić information content (AvgIpc) is 3.01. The van der Waals surface area contributed by atoms with Gasteiger partial charge in [0.25, 0.3) is 0 Å². The van der Waals surface area contributed by atoms with Gasteiger partial charge in [0.2, 0.25) is 0 Å². The minimum Gasteiger partial charge on any atom is -0.360 e. The molecule has 35 heavy (non-hydrogen) atoms. The van der Waals surface area contributed by atoms with Crippen LogP contribution in [-0.4, -0.2) is 40.2 Å². The summed E-state index contributed by atoms with van der Waals surface area (Å²) in [4.78, 5) is 14.6. The number of benzene rings is 2. The Morgan fingerprint density at radius 3 is 2.37 bits per heavy atom. The summed E-state index contributed by atoms with van der Waals surface area (Å²) in [6, 6.07) is 14.4. The normalized spacial score (nSPS) is 20.7. The number of amides is 2. The number of hydrogen-bond acceptors (Lipinski definition) is 4. The van der Waals surface area contributed by atoms with Gasteiger partial charge in [0.05, 0.1) is 17.3 Å². The fourth-order valence-electron chi connectivity index (χ4n) is 4.85. The third-order valence-electron chi connectivity index (χ3n) is 7.02. The molecule has 2 aromatic rings. The maximum Gasteiger partial charge on any atom is 0.340 e. The summed E-state index contributed by atoms with van der Waals surface area (Å²) in [7, 11) is 1.53. The van der Waals surface area contributed by atoms with Crippen molar-refractivity contribution in [1.82, 2.24) is 10.4 Å². The van der Waals surface area contributed by atoms with Crippen molar-refractivity contribution in [3.8, 4) is 0 Å². The molecule has 2 aromatic carbocycles. The first-order valence-corrected chi connectivity index (χ1v) is 13.6. The molecule has 192 valence electrons. The Morgan fingerprint density at radius 1 is 1.20 bits per heavy atom. The van der Waals surface area contributed by atoms with Gasteiger partial charge in [-0.05, 0) is 47.7 Å². The highest BCUT2D eigenvalue weighted by molar-refractivity contribution is 8.00. The van der Waals surface area contributed by atoms with E-state index in [1.807, 2.05) is 23.9 Å². The lowest BCUT2D eigenvalue weighted by molar-refractivity contribution is -0.0584. The van der Waals surface area contributed by atoms with Crippen molar-refractivity contribution in [2.75, 3.05) is 18.5 Å². The summed E-state index contributed by atoms with van der Waals surface area (Å²) in [5.41, 5.74) is 4.65. The van der Waals surface area contributed by atoms with Crippen molar-refractivity contribution in [2.24, 2.45) is 5.92 Å². The number of fused-ring (bicyclic) bond motifs is 1. The predicted octanol–water partition coefficient (Wildman–Crippen LogP) is 7.48. The van der Waals surface area contributed by atoms with E-state index >= 15 is 0 Å². The number of thioether (sulfide) groups is 1. The van der Waals surface area contributed by atoms with Crippen LogP contribution < -0.4 is 10.2 Å². The van der Waals surface area contributed by atoms with E-state index in [9.17, 15) is 10.0 Å². The van der Waals surface area contributed by atoms with Crippen molar-refractivity contribution in [3.05, 3.63) is 64.2 Å². The number of hydrogen-bond donors (Lipinski definition) is 2. The number of nitrogens with one attached hydrogen (secondary N) is 1. The second kappa shape index (κ2) is 10.6. The fraction of sp³-hybridized carbons (Fsp3) is 0.536. The van der Waals surface area contributed by atoms with E-state index in [1.54, 1.807) is 0 Å². The molecule has 3 unspecified atom stereocenters. The molecular weight excluding hydrogens is 478 g/mol. The Morgan fingerprint density at radius 2 is 1.83 bits per heavy atom. The Kier molecular flexibility index (Phi) is 8.40. The Bertz CT molecular complexity index is 1040. The zero-order valence-electron chi connectivity index (χ0n) is 22.2. The molecule has 1 aliphatic heterocycles. The van der Waals surface area contributed by atoms with Gasteiger partial charge in [-0.3, -0.25) is 5.21 Å². The first-order valence-electron chi connectivity index (χ1n) is 12.3. The molecule has 0 aliphatic carbocycles. The molecule has 2 amide bonds. The van der Waals surface area contributed by atoms with Crippen LogP contribution >= 0.6 is 23.4 Å². The van der Waals surface area contributed by atoms with Crippen LogP contribution in [-0.2, 0) is 6.54 Å². The lowest BCUT2D eigenvalue weighted by Crippen LogP contribution is -2.54. The van der Waals surface area contributed by atoms with Crippen LogP contribution in [0.4, 0.5) is 10.5 Å². The summed E-state index contributed by atoms with van der Waals surface area (Å²) in [5, 5.41) is 14.7. The molecule has 0 radical (unpaired) electrons. The van der Waals surface area contributed by atoms with Gasteiger partial charge in [-0.25, -0.2) is 9.86 Å². The summed E-state index contributed by atoms with van der Waals surface area (Å²) >= 11 is 8.13.